The zero-order chi connectivity index (χ0) is 31.9. The Morgan fingerprint density at radius 3 is 2.25 bits per heavy atom. The molecule has 9 nitrogen and oxygen atoms in total. The minimum Gasteiger partial charge on any atom is -0.497 e. The number of halogens is 2. The van der Waals surface area contributed by atoms with Gasteiger partial charge in [0, 0.05) is 25.1 Å². The molecule has 4 rings (SSSR count). The lowest BCUT2D eigenvalue weighted by Gasteiger charge is -2.34. The number of rotatable bonds is 13. The van der Waals surface area contributed by atoms with E-state index in [0.29, 0.717) is 21.4 Å². The average molecular weight is 663 g/mol. The van der Waals surface area contributed by atoms with E-state index >= 15 is 0 Å². The van der Waals surface area contributed by atoms with Crippen LogP contribution in [0.4, 0.5) is 5.69 Å². The minimum absolute atomic E-state index is 0.0104. The number of hydrogen-bond donors (Lipinski definition) is 1. The molecule has 0 bridgehead atoms. The fourth-order valence-corrected chi connectivity index (χ4v) is 6.51. The van der Waals surface area contributed by atoms with Crippen LogP contribution in [0.1, 0.15) is 36.8 Å². The van der Waals surface area contributed by atoms with E-state index < -0.39 is 28.5 Å². The number of methoxy groups -OCH3 is 2. The number of anilines is 1. The number of nitrogens with one attached hydrogen (secondary N) is 1. The summed E-state index contributed by atoms with van der Waals surface area (Å²) in [5.74, 6) is -0.278. The Morgan fingerprint density at radius 1 is 0.932 bits per heavy atom. The molecule has 1 atom stereocenters. The van der Waals surface area contributed by atoms with Gasteiger partial charge in [0.05, 0.1) is 36.2 Å². The van der Waals surface area contributed by atoms with Gasteiger partial charge in [-0.05, 0) is 48.2 Å². The van der Waals surface area contributed by atoms with Crippen LogP contribution in [0, 0.1) is 0 Å². The summed E-state index contributed by atoms with van der Waals surface area (Å²) < 4.78 is 38.1. The van der Waals surface area contributed by atoms with Crippen LogP contribution in [0.25, 0.3) is 0 Å². The van der Waals surface area contributed by atoms with Crippen molar-refractivity contribution in [1.82, 2.24) is 10.2 Å². The summed E-state index contributed by atoms with van der Waals surface area (Å²) in [5.41, 5.74) is 1.61. The largest absolute Gasteiger partial charge is 0.497 e. The van der Waals surface area contributed by atoms with Crippen molar-refractivity contribution in [3.8, 4) is 11.5 Å². The summed E-state index contributed by atoms with van der Waals surface area (Å²) >= 11 is 12.5. The molecule has 0 radical (unpaired) electrons. The van der Waals surface area contributed by atoms with E-state index in [4.69, 9.17) is 32.7 Å². The van der Waals surface area contributed by atoms with Gasteiger partial charge in [0.15, 0.2) is 0 Å². The molecule has 1 N–H and O–H groups in total. The Labute approximate surface area is 269 Å². The van der Waals surface area contributed by atoms with Crippen molar-refractivity contribution < 1.29 is 27.5 Å². The Balaban J connectivity index is 1.78. The van der Waals surface area contributed by atoms with Gasteiger partial charge in [0.1, 0.15) is 24.1 Å². The Kier molecular flexibility index (Phi) is 11.4. The molecule has 1 fully saturated rings. The summed E-state index contributed by atoms with van der Waals surface area (Å²) in [6, 6.07) is 18.1. The molecule has 2 amide bonds. The third kappa shape index (κ3) is 8.58. The summed E-state index contributed by atoms with van der Waals surface area (Å²) in [4.78, 5) is 29.8. The number of sulfonamides is 1. The van der Waals surface area contributed by atoms with Gasteiger partial charge in [-0.15, -0.1) is 0 Å². The first-order valence-electron chi connectivity index (χ1n) is 14.3. The maximum absolute atomic E-state index is 14.4. The van der Waals surface area contributed by atoms with E-state index in [9.17, 15) is 18.0 Å². The van der Waals surface area contributed by atoms with E-state index in [1.54, 1.807) is 30.3 Å². The second-order valence-electron chi connectivity index (χ2n) is 10.8. The number of nitrogens with zero attached hydrogens (tertiary/aromatic N) is 2. The summed E-state index contributed by atoms with van der Waals surface area (Å²) in [6.07, 6.45) is 4.99. The zero-order valence-electron chi connectivity index (χ0n) is 25.0. The van der Waals surface area contributed by atoms with Gasteiger partial charge >= 0.3 is 0 Å². The van der Waals surface area contributed by atoms with Crippen LogP contribution in [-0.2, 0) is 32.6 Å². The highest BCUT2D eigenvalue weighted by Crippen LogP contribution is 2.34. The lowest BCUT2D eigenvalue weighted by Crippen LogP contribution is -2.54. The molecule has 44 heavy (non-hydrogen) atoms. The van der Waals surface area contributed by atoms with E-state index in [2.05, 4.69) is 5.32 Å². The number of ether oxygens (including phenoxy) is 2. The molecular formula is C32H37Cl2N3O6S. The first-order chi connectivity index (χ1) is 21.0. The molecule has 1 aliphatic rings. The van der Waals surface area contributed by atoms with Gasteiger partial charge in [0.25, 0.3) is 0 Å². The topological polar surface area (TPSA) is 105 Å². The Morgan fingerprint density at radius 2 is 1.64 bits per heavy atom. The van der Waals surface area contributed by atoms with Gasteiger partial charge in [-0.1, -0.05) is 72.4 Å². The molecular weight excluding hydrogens is 625 g/mol. The van der Waals surface area contributed by atoms with Crippen LogP contribution in [0.3, 0.4) is 0 Å². The van der Waals surface area contributed by atoms with E-state index in [-0.39, 0.29) is 36.4 Å². The first kappa shape index (κ1) is 33.4. The average Bonchev–Trinajstić information content (AvgIpc) is 3.52. The van der Waals surface area contributed by atoms with Gasteiger partial charge in [0.2, 0.25) is 21.8 Å². The maximum atomic E-state index is 14.4. The number of carbonyl (C=O) groups is 2. The Hall–Kier alpha value is -3.47. The number of carbonyl (C=O) groups excluding carboxylic acids is 2. The third-order valence-corrected chi connectivity index (χ3v) is 9.51. The third-order valence-electron chi connectivity index (χ3n) is 7.64. The van der Waals surface area contributed by atoms with Crippen molar-refractivity contribution in [3.63, 3.8) is 0 Å². The van der Waals surface area contributed by atoms with Crippen LogP contribution in [-0.4, -0.2) is 64.2 Å². The first-order valence-corrected chi connectivity index (χ1v) is 16.9. The standard InChI is InChI=1S/C32H37Cl2N3O6S/c1-42-25-14-16-30(43-2)28(19-25)37(44(3,40)41)21-31(38)36(20-23-13-15-26(33)27(34)17-23)29(18-22-9-5-4-6-10-22)32(39)35-24-11-7-8-12-24/h4-6,9-10,13-17,19,24,29H,7-8,11-12,18,20-21H2,1-3H3,(H,35,39). The molecule has 1 aliphatic carbocycles. The van der Waals surface area contributed by atoms with Crippen molar-refractivity contribution in [2.24, 2.45) is 0 Å². The molecule has 12 heteroatoms. The SMILES string of the molecule is COc1ccc(OC)c(N(CC(=O)N(Cc2ccc(Cl)c(Cl)c2)C(Cc2ccccc2)C(=O)NC2CCCC2)S(C)(=O)=O)c1. The normalized spacial score (nSPS) is 14.1. The molecule has 236 valence electrons. The van der Waals surface area contributed by atoms with E-state index in [0.717, 1.165) is 41.8 Å². The summed E-state index contributed by atoms with van der Waals surface area (Å²) in [5, 5.41) is 3.79. The van der Waals surface area contributed by atoms with Gasteiger partial charge in [-0.3, -0.25) is 13.9 Å². The molecule has 3 aromatic carbocycles. The second kappa shape index (κ2) is 15.0. The predicted molar refractivity (Wildman–Crippen MR) is 173 cm³/mol. The fourth-order valence-electron chi connectivity index (χ4n) is 5.34. The number of amides is 2. The highest BCUT2D eigenvalue weighted by atomic mass is 35.5. The maximum Gasteiger partial charge on any atom is 0.244 e. The van der Waals surface area contributed by atoms with Gasteiger partial charge in [-0.2, -0.15) is 0 Å². The van der Waals surface area contributed by atoms with Crippen LogP contribution in [0.2, 0.25) is 10.0 Å². The quantitative estimate of drug-likeness (QED) is 0.260. The van der Waals surface area contributed by atoms with E-state index in [1.165, 1.54) is 25.2 Å². The molecule has 0 aromatic heterocycles. The highest BCUT2D eigenvalue weighted by molar-refractivity contribution is 7.92. The Bertz CT molecular complexity index is 1570. The van der Waals surface area contributed by atoms with Gasteiger partial charge < -0.3 is 19.7 Å². The van der Waals surface area contributed by atoms with Crippen molar-refractivity contribution in [1.29, 1.82) is 0 Å². The molecule has 0 spiro atoms. The molecule has 0 heterocycles. The summed E-state index contributed by atoms with van der Waals surface area (Å²) in [7, 11) is -1.14. The highest BCUT2D eigenvalue weighted by Gasteiger charge is 2.35. The van der Waals surface area contributed by atoms with Crippen LogP contribution in [0.5, 0.6) is 11.5 Å². The molecule has 0 aliphatic heterocycles. The van der Waals surface area contributed by atoms with Crippen molar-refractivity contribution in [3.05, 3.63) is 87.9 Å². The monoisotopic (exact) mass is 661 g/mol. The molecule has 0 saturated heterocycles. The predicted octanol–water partition coefficient (Wildman–Crippen LogP) is 5.48. The van der Waals surface area contributed by atoms with E-state index in [1.807, 2.05) is 30.3 Å². The minimum atomic E-state index is -4.00. The van der Waals surface area contributed by atoms with Crippen LogP contribution in [0.15, 0.2) is 66.7 Å². The zero-order valence-corrected chi connectivity index (χ0v) is 27.3. The molecule has 3 aromatic rings. The van der Waals surface area contributed by atoms with Gasteiger partial charge in [-0.25, -0.2) is 8.42 Å². The van der Waals surface area contributed by atoms with Crippen LogP contribution >= 0.6 is 23.2 Å². The van der Waals surface area contributed by atoms with Crippen molar-refractivity contribution in [2.75, 3.05) is 31.3 Å². The van der Waals surface area contributed by atoms with Crippen LogP contribution < -0.4 is 19.1 Å². The lowest BCUT2D eigenvalue weighted by atomic mass is 10.0. The summed E-state index contributed by atoms with van der Waals surface area (Å²) in [6.45, 7) is -0.607. The molecule has 1 unspecified atom stereocenters. The lowest BCUT2D eigenvalue weighted by molar-refractivity contribution is -0.140. The number of hydrogen-bond acceptors (Lipinski definition) is 6. The van der Waals surface area contributed by atoms with Crippen molar-refractivity contribution in [2.45, 2.75) is 50.7 Å². The number of benzene rings is 3. The smallest absolute Gasteiger partial charge is 0.244 e. The molecule has 1 saturated carbocycles. The van der Waals surface area contributed by atoms with Crippen molar-refractivity contribution >= 4 is 50.7 Å². The fraction of sp³-hybridized carbons (Fsp3) is 0.375. The second-order valence-corrected chi connectivity index (χ2v) is 13.5.